The summed E-state index contributed by atoms with van der Waals surface area (Å²) in [4.78, 5) is 12.3. The van der Waals surface area contributed by atoms with Gasteiger partial charge in [-0.15, -0.1) is 0 Å². The average Bonchev–Trinajstić information content (AvgIpc) is 3.09. The Morgan fingerprint density at radius 3 is 2.61 bits per heavy atom. The molecular formula is C18H17Br2Cl2N5O. The summed E-state index contributed by atoms with van der Waals surface area (Å²) in [6, 6.07) is 5.32. The number of halogens is 4. The van der Waals surface area contributed by atoms with Crippen LogP contribution in [0, 0.1) is 13.8 Å². The minimum Gasteiger partial charge on any atom is -0.308 e. The van der Waals surface area contributed by atoms with E-state index in [1.807, 2.05) is 24.6 Å². The van der Waals surface area contributed by atoms with Crippen LogP contribution in [0.15, 0.2) is 33.3 Å². The maximum absolute atomic E-state index is 12.3. The smallest absolute Gasteiger partial charge is 0.227 e. The first-order chi connectivity index (χ1) is 13.2. The Kier molecular flexibility index (Phi) is 6.85. The Bertz CT molecular complexity index is 1030. The third-order valence-electron chi connectivity index (χ3n) is 4.17. The van der Waals surface area contributed by atoms with Gasteiger partial charge in [0.15, 0.2) is 5.82 Å². The fourth-order valence-electron chi connectivity index (χ4n) is 2.68. The van der Waals surface area contributed by atoms with Gasteiger partial charge < -0.3 is 5.32 Å². The summed E-state index contributed by atoms with van der Waals surface area (Å²) in [5.41, 5.74) is 2.78. The number of aromatic nitrogens is 4. The van der Waals surface area contributed by atoms with Crippen LogP contribution in [0.4, 0.5) is 5.82 Å². The van der Waals surface area contributed by atoms with Gasteiger partial charge in [0.25, 0.3) is 0 Å². The first kappa shape index (κ1) is 21.4. The molecule has 0 saturated carbocycles. The molecule has 0 spiro atoms. The van der Waals surface area contributed by atoms with Gasteiger partial charge in [0.2, 0.25) is 5.91 Å². The zero-order chi connectivity index (χ0) is 20.4. The molecule has 0 radical (unpaired) electrons. The third-order valence-corrected chi connectivity index (χ3v) is 6.48. The molecule has 0 aliphatic heterocycles. The van der Waals surface area contributed by atoms with E-state index in [1.165, 1.54) is 0 Å². The van der Waals surface area contributed by atoms with Crippen LogP contribution in [0.1, 0.15) is 23.4 Å². The van der Waals surface area contributed by atoms with E-state index in [-0.39, 0.29) is 12.3 Å². The predicted octanol–water partition coefficient (Wildman–Crippen LogP) is 5.61. The number of nitrogens with one attached hydrogen (secondary N) is 1. The highest BCUT2D eigenvalue weighted by molar-refractivity contribution is 9.11. The van der Waals surface area contributed by atoms with Crippen molar-refractivity contribution in [2.24, 2.45) is 0 Å². The quantitative estimate of drug-likeness (QED) is 0.435. The van der Waals surface area contributed by atoms with Gasteiger partial charge in [0, 0.05) is 28.4 Å². The van der Waals surface area contributed by atoms with Crippen molar-refractivity contribution in [3.05, 3.63) is 60.3 Å². The molecule has 3 aromatic rings. The normalized spacial score (nSPS) is 11.1. The number of anilines is 1. The van der Waals surface area contributed by atoms with Gasteiger partial charge in [-0.3, -0.25) is 14.2 Å². The van der Waals surface area contributed by atoms with Crippen LogP contribution in [-0.4, -0.2) is 25.5 Å². The van der Waals surface area contributed by atoms with Crippen molar-refractivity contribution in [1.82, 2.24) is 19.6 Å². The van der Waals surface area contributed by atoms with Crippen molar-refractivity contribution < 1.29 is 4.79 Å². The lowest BCUT2D eigenvalue weighted by Crippen LogP contribution is -2.16. The molecule has 0 unspecified atom stereocenters. The molecule has 0 saturated heterocycles. The van der Waals surface area contributed by atoms with Crippen molar-refractivity contribution in [3.63, 3.8) is 0 Å². The highest BCUT2D eigenvalue weighted by Gasteiger charge is 2.14. The summed E-state index contributed by atoms with van der Waals surface area (Å²) < 4.78 is 5.18. The molecule has 1 amide bonds. The molecule has 3 rings (SSSR count). The van der Waals surface area contributed by atoms with E-state index in [9.17, 15) is 4.79 Å². The summed E-state index contributed by atoms with van der Waals surface area (Å²) in [6.45, 7) is 4.83. The molecule has 28 heavy (non-hydrogen) atoms. The number of hydrogen-bond acceptors (Lipinski definition) is 3. The van der Waals surface area contributed by atoms with Crippen molar-refractivity contribution >= 4 is 66.8 Å². The fraction of sp³-hybridized carbons (Fsp3) is 0.278. The van der Waals surface area contributed by atoms with Crippen LogP contribution >= 0.6 is 55.1 Å². The summed E-state index contributed by atoms with van der Waals surface area (Å²) in [6.07, 6.45) is 2.08. The van der Waals surface area contributed by atoms with E-state index >= 15 is 0 Å². The Morgan fingerprint density at radius 1 is 1.21 bits per heavy atom. The molecule has 0 atom stereocenters. The predicted molar refractivity (Wildman–Crippen MR) is 118 cm³/mol. The molecule has 1 N–H and O–H groups in total. The molecule has 2 aromatic heterocycles. The van der Waals surface area contributed by atoms with Gasteiger partial charge in [-0.05, 0) is 63.4 Å². The third kappa shape index (κ3) is 4.97. The largest absolute Gasteiger partial charge is 0.308 e. The second kappa shape index (κ2) is 8.98. The molecule has 0 aliphatic rings. The highest BCUT2D eigenvalue weighted by Crippen LogP contribution is 2.25. The summed E-state index contributed by atoms with van der Waals surface area (Å²) in [7, 11) is 0. The van der Waals surface area contributed by atoms with Crippen LogP contribution < -0.4 is 5.32 Å². The van der Waals surface area contributed by atoms with E-state index < -0.39 is 0 Å². The number of carbonyl (C=O) groups is 1. The number of nitrogens with zero attached hydrogens (tertiary/aromatic N) is 4. The van der Waals surface area contributed by atoms with Gasteiger partial charge in [0.1, 0.15) is 0 Å². The highest BCUT2D eigenvalue weighted by atomic mass is 79.9. The number of amides is 1. The average molecular weight is 550 g/mol. The molecule has 10 heteroatoms. The van der Waals surface area contributed by atoms with E-state index in [2.05, 4.69) is 47.4 Å². The lowest BCUT2D eigenvalue weighted by Gasteiger charge is -2.06. The van der Waals surface area contributed by atoms with E-state index in [0.29, 0.717) is 33.4 Å². The molecule has 148 valence electrons. The first-order valence-electron chi connectivity index (χ1n) is 8.41. The van der Waals surface area contributed by atoms with Gasteiger partial charge in [-0.1, -0.05) is 29.3 Å². The van der Waals surface area contributed by atoms with Gasteiger partial charge in [-0.25, -0.2) is 0 Å². The Balaban J connectivity index is 1.62. The van der Waals surface area contributed by atoms with Crippen molar-refractivity contribution in [3.8, 4) is 0 Å². The molecule has 6 nitrogen and oxygen atoms in total. The van der Waals surface area contributed by atoms with Crippen LogP contribution in [0.25, 0.3) is 0 Å². The molecule has 0 fully saturated rings. The second-order valence-corrected chi connectivity index (χ2v) is 8.76. The minimum atomic E-state index is -0.140. The standard InChI is InChI=1S/C18H17Br2Cl2N5O/c1-10-17(20)11(2)27(24-10)6-5-16(28)23-18-14(19)9-26(25-18)8-12-3-4-13(21)7-15(12)22/h3-4,7,9H,5-6,8H2,1-2H3,(H,23,25,28). The maximum Gasteiger partial charge on any atom is 0.227 e. The molecular weight excluding hydrogens is 533 g/mol. The summed E-state index contributed by atoms with van der Waals surface area (Å²) >= 11 is 19.1. The Morgan fingerprint density at radius 2 is 1.96 bits per heavy atom. The molecule has 2 heterocycles. The number of benzene rings is 1. The van der Waals surface area contributed by atoms with Crippen molar-refractivity contribution in [2.75, 3.05) is 5.32 Å². The van der Waals surface area contributed by atoms with Gasteiger partial charge >= 0.3 is 0 Å². The molecule has 0 aliphatic carbocycles. The van der Waals surface area contributed by atoms with Crippen LogP contribution in [0.5, 0.6) is 0 Å². The molecule has 0 bridgehead atoms. The zero-order valence-corrected chi connectivity index (χ0v) is 19.8. The van der Waals surface area contributed by atoms with E-state index in [4.69, 9.17) is 23.2 Å². The summed E-state index contributed by atoms with van der Waals surface area (Å²) in [5.74, 6) is 0.323. The Labute approximate surface area is 189 Å². The van der Waals surface area contributed by atoms with Crippen molar-refractivity contribution in [1.29, 1.82) is 0 Å². The van der Waals surface area contributed by atoms with Crippen LogP contribution in [-0.2, 0) is 17.9 Å². The first-order valence-corrected chi connectivity index (χ1v) is 10.7. The monoisotopic (exact) mass is 547 g/mol. The second-order valence-electron chi connectivity index (χ2n) is 6.27. The zero-order valence-electron chi connectivity index (χ0n) is 15.1. The molecule has 1 aromatic carbocycles. The SMILES string of the molecule is Cc1nn(CCC(=O)Nc2nn(Cc3ccc(Cl)cc3Cl)cc2Br)c(C)c1Br. The van der Waals surface area contributed by atoms with E-state index in [0.717, 1.165) is 21.4 Å². The van der Waals surface area contributed by atoms with Gasteiger partial charge in [0.05, 0.1) is 27.7 Å². The lowest BCUT2D eigenvalue weighted by atomic mass is 10.2. The fourth-order valence-corrected chi connectivity index (χ4v) is 3.85. The number of hydrogen-bond donors (Lipinski definition) is 1. The lowest BCUT2D eigenvalue weighted by molar-refractivity contribution is -0.116. The number of carbonyl (C=O) groups excluding carboxylic acids is 1. The van der Waals surface area contributed by atoms with Crippen molar-refractivity contribution in [2.45, 2.75) is 33.4 Å². The van der Waals surface area contributed by atoms with Crippen LogP contribution in [0.2, 0.25) is 10.0 Å². The topological polar surface area (TPSA) is 64.7 Å². The number of rotatable bonds is 6. The number of aryl methyl sites for hydroxylation is 2. The Hall–Kier alpha value is -1.35. The maximum atomic E-state index is 12.3. The van der Waals surface area contributed by atoms with E-state index in [1.54, 1.807) is 23.0 Å². The van der Waals surface area contributed by atoms with Gasteiger partial charge in [-0.2, -0.15) is 10.2 Å². The minimum absolute atomic E-state index is 0.140. The van der Waals surface area contributed by atoms with Crippen LogP contribution in [0.3, 0.4) is 0 Å². The summed E-state index contributed by atoms with van der Waals surface area (Å²) in [5, 5.41) is 12.8.